The standard InChI is InChI=1S/C28H26N4O6/c1-31-22-10-6-3-7-16(22)17-13-18(24(34)14-23(17)31)26(35)30-21-9-5-4-8-20(21)29-25-19(28(37)38-2)15-32(11-12-33)27(25)36/h3-10,13-14,29,33-34H,11-12,15H2,1-2H3,(H,30,35). The number of para-hydroxylation sites is 3. The van der Waals surface area contributed by atoms with E-state index < -0.39 is 17.8 Å². The number of hydrogen-bond acceptors (Lipinski definition) is 7. The molecule has 0 spiro atoms. The van der Waals surface area contributed by atoms with E-state index in [2.05, 4.69) is 10.6 Å². The summed E-state index contributed by atoms with van der Waals surface area (Å²) < 4.78 is 6.79. The van der Waals surface area contributed by atoms with E-state index in [0.717, 1.165) is 21.8 Å². The summed E-state index contributed by atoms with van der Waals surface area (Å²) in [7, 11) is 3.12. The number of aromatic hydroxyl groups is 1. The van der Waals surface area contributed by atoms with Crippen molar-refractivity contribution in [1.29, 1.82) is 0 Å². The first-order valence-corrected chi connectivity index (χ1v) is 11.9. The summed E-state index contributed by atoms with van der Waals surface area (Å²) in [5, 5.41) is 27.6. The molecule has 0 fully saturated rings. The van der Waals surface area contributed by atoms with Crippen LogP contribution in [0.2, 0.25) is 0 Å². The molecule has 1 aliphatic heterocycles. The van der Waals surface area contributed by atoms with Crippen LogP contribution in [0.3, 0.4) is 0 Å². The number of hydrogen-bond donors (Lipinski definition) is 4. The molecule has 0 saturated carbocycles. The van der Waals surface area contributed by atoms with Crippen LogP contribution in [0.15, 0.2) is 71.9 Å². The number of amides is 2. The number of aliphatic hydroxyl groups is 1. The van der Waals surface area contributed by atoms with Crippen molar-refractivity contribution in [2.24, 2.45) is 7.05 Å². The SMILES string of the molecule is COC(=O)C1=C(Nc2ccccc2NC(=O)c2cc3c4ccccc4n(C)c3cc2O)C(=O)N(CCO)C1. The van der Waals surface area contributed by atoms with Gasteiger partial charge in [0.25, 0.3) is 11.8 Å². The Morgan fingerprint density at radius 2 is 1.71 bits per heavy atom. The maximum atomic E-state index is 13.3. The number of methoxy groups -OCH3 is 1. The van der Waals surface area contributed by atoms with Crippen LogP contribution in [-0.4, -0.2) is 64.3 Å². The average Bonchev–Trinajstić information content (AvgIpc) is 3.38. The topological polar surface area (TPSA) is 133 Å². The van der Waals surface area contributed by atoms with E-state index in [-0.39, 0.29) is 42.3 Å². The van der Waals surface area contributed by atoms with E-state index in [1.54, 1.807) is 36.4 Å². The molecule has 0 saturated heterocycles. The number of ether oxygens (including phenoxy) is 1. The number of anilines is 2. The number of aromatic nitrogens is 1. The molecule has 1 aliphatic rings. The highest BCUT2D eigenvalue weighted by Gasteiger charge is 2.34. The lowest BCUT2D eigenvalue weighted by Gasteiger charge is -2.16. The molecule has 0 atom stereocenters. The van der Waals surface area contributed by atoms with Gasteiger partial charge < -0.3 is 35.1 Å². The highest BCUT2D eigenvalue weighted by molar-refractivity contribution is 6.15. The quantitative estimate of drug-likeness (QED) is 0.279. The number of nitrogens with zero attached hydrogens (tertiary/aromatic N) is 2. The van der Waals surface area contributed by atoms with Gasteiger partial charge >= 0.3 is 5.97 Å². The largest absolute Gasteiger partial charge is 0.507 e. The molecule has 38 heavy (non-hydrogen) atoms. The Balaban J connectivity index is 1.48. The molecular formula is C28H26N4O6. The second-order valence-electron chi connectivity index (χ2n) is 8.88. The van der Waals surface area contributed by atoms with Gasteiger partial charge in [-0.05, 0) is 24.3 Å². The average molecular weight is 515 g/mol. The highest BCUT2D eigenvalue weighted by atomic mass is 16.5. The first-order chi connectivity index (χ1) is 18.3. The summed E-state index contributed by atoms with van der Waals surface area (Å²) in [5.41, 5.74) is 2.67. The maximum Gasteiger partial charge on any atom is 0.337 e. The molecule has 0 bridgehead atoms. The predicted octanol–water partition coefficient (Wildman–Crippen LogP) is 2.96. The van der Waals surface area contributed by atoms with Crippen molar-refractivity contribution < 1.29 is 29.3 Å². The fraction of sp³-hybridized carbons (Fsp3) is 0.179. The number of β-amino-alcohol motifs (C(OH)–C–C–N with tert-alkyl or cyclic N) is 1. The molecule has 5 rings (SSSR count). The third-order valence-electron chi connectivity index (χ3n) is 6.66. The molecule has 0 radical (unpaired) electrons. The number of benzene rings is 3. The lowest BCUT2D eigenvalue weighted by molar-refractivity contribution is -0.136. The van der Waals surface area contributed by atoms with Crippen molar-refractivity contribution in [3.05, 3.63) is 77.5 Å². The van der Waals surface area contributed by atoms with Crippen molar-refractivity contribution in [3.63, 3.8) is 0 Å². The van der Waals surface area contributed by atoms with E-state index in [9.17, 15) is 24.6 Å². The number of esters is 1. The Labute approximate surface area is 217 Å². The molecule has 10 nitrogen and oxygen atoms in total. The van der Waals surface area contributed by atoms with Gasteiger partial charge in [0.2, 0.25) is 0 Å². The van der Waals surface area contributed by atoms with Crippen molar-refractivity contribution in [2.45, 2.75) is 0 Å². The summed E-state index contributed by atoms with van der Waals surface area (Å²) in [6, 6.07) is 17.7. The summed E-state index contributed by atoms with van der Waals surface area (Å²) in [5.74, 6) is -1.86. The number of phenols is 1. The first kappa shape index (κ1) is 24.8. The maximum absolute atomic E-state index is 13.3. The van der Waals surface area contributed by atoms with Crippen LogP contribution in [0.5, 0.6) is 5.75 Å². The van der Waals surface area contributed by atoms with E-state index >= 15 is 0 Å². The second-order valence-corrected chi connectivity index (χ2v) is 8.88. The van der Waals surface area contributed by atoms with Gasteiger partial charge in [0.1, 0.15) is 11.4 Å². The Bertz CT molecular complexity index is 1640. The van der Waals surface area contributed by atoms with E-state index in [4.69, 9.17) is 4.74 Å². The van der Waals surface area contributed by atoms with E-state index in [1.807, 2.05) is 35.9 Å². The molecule has 0 unspecified atom stereocenters. The minimum Gasteiger partial charge on any atom is -0.507 e. The highest BCUT2D eigenvalue weighted by Crippen LogP contribution is 2.34. The predicted molar refractivity (Wildman–Crippen MR) is 143 cm³/mol. The van der Waals surface area contributed by atoms with E-state index in [1.165, 1.54) is 12.0 Å². The molecule has 0 aliphatic carbocycles. The Kier molecular flexibility index (Phi) is 6.48. The Hall–Kier alpha value is -4.83. The number of aliphatic hydroxyl groups excluding tert-OH is 1. The first-order valence-electron chi connectivity index (χ1n) is 11.9. The molecule has 2 heterocycles. The zero-order valence-electron chi connectivity index (χ0n) is 20.8. The lowest BCUT2D eigenvalue weighted by Crippen LogP contribution is -2.31. The molecule has 194 valence electrons. The monoisotopic (exact) mass is 514 g/mol. The number of nitrogens with one attached hydrogen (secondary N) is 2. The molecular weight excluding hydrogens is 488 g/mol. The summed E-state index contributed by atoms with van der Waals surface area (Å²) in [4.78, 5) is 39.9. The second kappa shape index (κ2) is 9.91. The van der Waals surface area contributed by atoms with Gasteiger partial charge in [-0.1, -0.05) is 30.3 Å². The summed E-state index contributed by atoms with van der Waals surface area (Å²) in [6.45, 7) is -0.217. The van der Waals surface area contributed by atoms with Crippen LogP contribution in [0.1, 0.15) is 10.4 Å². The van der Waals surface area contributed by atoms with Gasteiger partial charge in [0, 0.05) is 35.9 Å². The molecule has 4 aromatic rings. The van der Waals surface area contributed by atoms with Crippen LogP contribution >= 0.6 is 0 Å². The molecule has 10 heteroatoms. The minimum absolute atomic E-state index is 0.00650. The van der Waals surface area contributed by atoms with Gasteiger partial charge in [0.15, 0.2) is 0 Å². The van der Waals surface area contributed by atoms with Crippen LogP contribution < -0.4 is 10.6 Å². The minimum atomic E-state index is -0.670. The summed E-state index contributed by atoms with van der Waals surface area (Å²) >= 11 is 0. The normalized spacial score (nSPS) is 13.4. The fourth-order valence-corrected chi connectivity index (χ4v) is 4.75. The van der Waals surface area contributed by atoms with Gasteiger partial charge in [0.05, 0.1) is 48.3 Å². The Morgan fingerprint density at radius 3 is 2.45 bits per heavy atom. The van der Waals surface area contributed by atoms with Crippen molar-refractivity contribution >= 4 is 51.0 Å². The Morgan fingerprint density at radius 1 is 1.00 bits per heavy atom. The smallest absolute Gasteiger partial charge is 0.337 e. The summed E-state index contributed by atoms with van der Waals surface area (Å²) in [6.07, 6.45) is 0. The van der Waals surface area contributed by atoms with E-state index in [0.29, 0.717) is 11.4 Å². The molecule has 4 N–H and O–H groups in total. The van der Waals surface area contributed by atoms with Crippen molar-refractivity contribution in [2.75, 3.05) is 37.4 Å². The van der Waals surface area contributed by atoms with Crippen LogP contribution in [0.25, 0.3) is 21.8 Å². The van der Waals surface area contributed by atoms with Gasteiger partial charge in [-0.3, -0.25) is 9.59 Å². The number of carbonyl (C=O) groups is 3. The zero-order chi connectivity index (χ0) is 27.0. The number of aryl methyl sites for hydroxylation is 1. The van der Waals surface area contributed by atoms with Crippen molar-refractivity contribution in [1.82, 2.24) is 9.47 Å². The van der Waals surface area contributed by atoms with Gasteiger partial charge in [-0.25, -0.2) is 4.79 Å². The molecule has 1 aromatic heterocycles. The third-order valence-corrected chi connectivity index (χ3v) is 6.66. The number of rotatable bonds is 7. The number of phenolic OH excluding ortho intramolecular Hbond substituents is 1. The van der Waals surface area contributed by atoms with Crippen molar-refractivity contribution in [3.8, 4) is 5.75 Å². The molecule has 3 aromatic carbocycles. The van der Waals surface area contributed by atoms with Crippen LogP contribution in [0.4, 0.5) is 11.4 Å². The fourth-order valence-electron chi connectivity index (χ4n) is 4.75. The zero-order valence-corrected chi connectivity index (χ0v) is 20.8. The van der Waals surface area contributed by atoms with Gasteiger partial charge in [-0.15, -0.1) is 0 Å². The number of fused-ring (bicyclic) bond motifs is 3. The third kappa shape index (κ3) is 4.20. The van der Waals surface area contributed by atoms with Crippen LogP contribution in [-0.2, 0) is 21.4 Å². The van der Waals surface area contributed by atoms with Crippen LogP contribution in [0, 0.1) is 0 Å². The molecule has 2 amide bonds. The van der Waals surface area contributed by atoms with Gasteiger partial charge in [-0.2, -0.15) is 0 Å². The lowest BCUT2D eigenvalue weighted by atomic mass is 10.1. The number of carbonyl (C=O) groups excluding carboxylic acids is 3.